The molecule has 2 aliphatic rings. The normalized spacial score (nSPS) is 26.2. The van der Waals surface area contributed by atoms with Gasteiger partial charge in [-0.25, -0.2) is 0 Å². The summed E-state index contributed by atoms with van der Waals surface area (Å²) in [5.74, 6) is 1.72. The average molecular weight is 304 g/mol. The number of rotatable bonds is 4. The molecule has 0 saturated heterocycles. The predicted molar refractivity (Wildman–Crippen MR) is 81.5 cm³/mol. The van der Waals surface area contributed by atoms with E-state index in [1.165, 1.54) is 25.7 Å². The monoisotopic (exact) mass is 304 g/mol. The average Bonchev–Trinajstić information content (AvgIpc) is 3.13. The summed E-state index contributed by atoms with van der Waals surface area (Å²) in [6.45, 7) is 3.91. The molecule has 2 N–H and O–H groups in total. The molecule has 3 rings (SSSR count). The molecule has 120 valence electrons. The summed E-state index contributed by atoms with van der Waals surface area (Å²) in [6.07, 6.45) is 5.61. The highest BCUT2D eigenvalue weighted by Crippen LogP contribution is 2.49. The predicted octanol–water partition coefficient (Wildman–Crippen LogP) is 1.47. The molecule has 0 spiro atoms. The van der Waals surface area contributed by atoms with E-state index in [2.05, 4.69) is 16.0 Å². The van der Waals surface area contributed by atoms with Crippen LogP contribution in [0.3, 0.4) is 0 Å². The number of aromatic nitrogens is 2. The molecule has 1 aromatic rings. The van der Waals surface area contributed by atoms with E-state index in [4.69, 9.17) is 0 Å². The molecule has 2 fully saturated rings. The summed E-state index contributed by atoms with van der Waals surface area (Å²) >= 11 is 0. The summed E-state index contributed by atoms with van der Waals surface area (Å²) < 4.78 is 1.63. The van der Waals surface area contributed by atoms with Crippen LogP contribution in [0.25, 0.3) is 0 Å². The second-order valence-corrected chi connectivity index (χ2v) is 6.82. The van der Waals surface area contributed by atoms with Crippen molar-refractivity contribution >= 4 is 11.8 Å². The van der Waals surface area contributed by atoms with E-state index in [1.807, 2.05) is 19.9 Å². The third kappa shape index (κ3) is 3.31. The summed E-state index contributed by atoms with van der Waals surface area (Å²) in [5, 5.41) is 4.23. The Morgan fingerprint density at radius 1 is 1.23 bits per heavy atom. The van der Waals surface area contributed by atoms with Crippen LogP contribution >= 0.6 is 0 Å². The molecular weight excluding hydrogens is 280 g/mol. The van der Waals surface area contributed by atoms with Crippen molar-refractivity contribution in [1.82, 2.24) is 20.6 Å². The number of carbonyl (C=O) groups is 2. The van der Waals surface area contributed by atoms with Crippen LogP contribution < -0.4 is 10.9 Å². The number of amides is 2. The van der Waals surface area contributed by atoms with Crippen molar-refractivity contribution < 1.29 is 9.59 Å². The zero-order valence-corrected chi connectivity index (χ0v) is 13.3. The molecule has 0 aliphatic heterocycles. The number of hydrazine groups is 1. The molecule has 22 heavy (non-hydrogen) atoms. The molecule has 1 heterocycles. The number of aryl methyl sites for hydroxylation is 2. The number of hydrogen-bond donors (Lipinski definition) is 2. The highest BCUT2D eigenvalue weighted by Gasteiger charge is 2.40. The number of hydrogen-bond acceptors (Lipinski definition) is 3. The molecule has 2 saturated carbocycles. The maximum absolute atomic E-state index is 12.0. The van der Waals surface area contributed by atoms with Gasteiger partial charge in [0.2, 0.25) is 5.91 Å². The van der Waals surface area contributed by atoms with Crippen LogP contribution in [0.5, 0.6) is 0 Å². The van der Waals surface area contributed by atoms with Gasteiger partial charge in [0.1, 0.15) is 6.54 Å². The SMILES string of the molecule is Cc1cc(C)n(CC(=O)NNC(=O)C[C@@H]2C[C@@H]3CC[C@@H]2C3)n1. The van der Waals surface area contributed by atoms with E-state index in [-0.39, 0.29) is 18.4 Å². The van der Waals surface area contributed by atoms with Gasteiger partial charge in [-0.05, 0) is 56.9 Å². The lowest BCUT2D eigenvalue weighted by molar-refractivity contribution is -0.130. The summed E-state index contributed by atoms with van der Waals surface area (Å²) in [6, 6.07) is 1.92. The molecule has 0 unspecified atom stereocenters. The minimum absolute atomic E-state index is 0.0840. The van der Waals surface area contributed by atoms with E-state index < -0.39 is 0 Å². The fourth-order valence-electron chi connectivity index (χ4n) is 4.07. The highest BCUT2D eigenvalue weighted by atomic mass is 16.2. The molecule has 0 radical (unpaired) electrons. The first kappa shape index (κ1) is 15.1. The number of carbonyl (C=O) groups excluding carboxylic acids is 2. The molecule has 0 aromatic carbocycles. The molecule has 3 atom stereocenters. The maximum atomic E-state index is 12.0. The molecule has 2 amide bonds. The fourth-order valence-corrected chi connectivity index (χ4v) is 4.07. The fraction of sp³-hybridized carbons (Fsp3) is 0.688. The number of nitrogens with zero attached hydrogens (tertiary/aromatic N) is 2. The van der Waals surface area contributed by atoms with Crippen molar-refractivity contribution in [1.29, 1.82) is 0 Å². The van der Waals surface area contributed by atoms with Gasteiger partial charge in [0, 0.05) is 12.1 Å². The van der Waals surface area contributed by atoms with Crippen LogP contribution in [0.4, 0.5) is 0 Å². The van der Waals surface area contributed by atoms with Crippen LogP contribution in [0, 0.1) is 31.6 Å². The Balaban J connectivity index is 1.41. The Morgan fingerprint density at radius 2 is 2.00 bits per heavy atom. The van der Waals surface area contributed by atoms with Crippen molar-refractivity contribution in [2.75, 3.05) is 0 Å². The second-order valence-electron chi connectivity index (χ2n) is 6.82. The Labute approximate surface area is 130 Å². The van der Waals surface area contributed by atoms with Crippen LogP contribution in [0.2, 0.25) is 0 Å². The lowest BCUT2D eigenvalue weighted by Gasteiger charge is -2.20. The largest absolute Gasteiger partial charge is 0.273 e. The quantitative estimate of drug-likeness (QED) is 0.827. The van der Waals surface area contributed by atoms with Crippen molar-refractivity contribution in [2.24, 2.45) is 17.8 Å². The van der Waals surface area contributed by atoms with Crippen molar-refractivity contribution in [2.45, 2.75) is 52.5 Å². The smallest absolute Gasteiger partial charge is 0.260 e. The van der Waals surface area contributed by atoms with Crippen molar-refractivity contribution in [3.05, 3.63) is 17.5 Å². The lowest BCUT2D eigenvalue weighted by Crippen LogP contribution is -2.44. The Morgan fingerprint density at radius 3 is 2.59 bits per heavy atom. The molecule has 6 nitrogen and oxygen atoms in total. The molecular formula is C16H24N4O2. The maximum Gasteiger partial charge on any atom is 0.260 e. The van der Waals surface area contributed by atoms with E-state index >= 15 is 0 Å². The van der Waals surface area contributed by atoms with Crippen LogP contribution in [0.1, 0.15) is 43.5 Å². The molecule has 2 bridgehead atoms. The third-order valence-corrected chi connectivity index (χ3v) is 5.07. The van der Waals surface area contributed by atoms with Gasteiger partial charge in [0.25, 0.3) is 5.91 Å². The van der Waals surface area contributed by atoms with Crippen molar-refractivity contribution in [3.8, 4) is 0 Å². The Hall–Kier alpha value is -1.85. The van der Waals surface area contributed by atoms with Crippen LogP contribution in [0.15, 0.2) is 6.07 Å². The first-order chi connectivity index (χ1) is 10.5. The standard InChI is InChI=1S/C16H24N4O2/c1-10-5-11(2)20(19-10)9-16(22)18-17-15(21)8-14-7-12-3-4-13(14)6-12/h5,12-14H,3-4,6-9H2,1-2H3,(H,17,21)(H,18,22)/t12-,13-,14+/m1/s1. The van der Waals surface area contributed by atoms with E-state index in [0.29, 0.717) is 12.3 Å². The van der Waals surface area contributed by atoms with Gasteiger partial charge in [-0.2, -0.15) is 5.10 Å². The van der Waals surface area contributed by atoms with Gasteiger partial charge >= 0.3 is 0 Å². The van der Waals surface area contributed by atoms with Gasteiger partial charge in [-0.15, -0.1) is 0 Å². The number of nitrogens with one attached hydrogen (secondary N) is 2. The Bertz CT molecular complexity index is 581. The Kier molecular flexibility index (Phi) is 4.18. The van der Waals surface area contributed by atoms with Gasteiger partial charge in [-0.3, -0.25) is 25.1 Å². The zero-order chi connectivity index (χ0) is 15.7. The summed E-state index contributed by atoms with van der Waals surface area (Å²) in [7, 11) is 0. The van der Waals surface area contributed by atoms with Gasteiger partial charge in [0.05, 0.1) is 5.69 Å². The van der Waals surface area contributed by atoms with Gasteiger partial charge in [-0.1, -0.05) is 6.42 Å². The topological polar surface area (TPSA) is 76.0 Å². The number of fused-ring (bicyclic) bond motifs is 2. The summed E-state index contributed by atoms with van der Waals surface area (Å²) in [4.78, 5) is 23.8. The van der Waals surface area contributed by atoms with Crippen molar-refractivity contribution in [3.63, 3.8) is 0 Å². The zero-order valence-electron chi connectivity index (χ0n) is 13.3. The van der Waals surface area contributed by atoms with Gasteiger partial charge in [0.15, 0.2) is 0 Å². The van der Waals surface area contributed by atoms with E-state index in [0.717, 1.165) is 23.2 Å². The van der Waals surface area contributed by atoms with E-state index in [9.17, 15) is 9.59 Å². The second kappa shape index (κ2) is 6.10. The highest BCUT2D eigenvalue weighted by molar-refractivity contribution is 5.82. The molecule has 2 aliphatic carbocycles. The molecule has 6 heteroatoms. The van der Waals surface area contributed by atoms with Crippen LogP contribution in [-0.2, 0) is 16.1 Å². The minimum Gasteiger partial charge on any atom is -0.273 e. The first-order valence-corrected chi connectivity index (χ1v) is 8.10. The van der Waals surface area contributed by atoms with Crippen LogP contribution in [-0.4, -0.2) is 21.6 Å². The molecule has 1 aromatic heterocycles. The van der Waals surface area contributed by atoms with Gasteiger partial charge < -0.3 is 0 Å². The lowest BCUT2D eigenvalue weighted by atomic mass is 9.86. The van der Waals surface area contributed by atoms with E-state index in [1.54, 1.807) is 4.68 Å². The third-order valence-electron chi connectivity index (χ3n) is 5.07. The minimum atomic E-state index is -0.257. The first-order valence-electron chi connectivity index (χ1n) is 8.10. The summed E-state index contributed by atoms with van der Waals surface area (Å²) in [5.41, 5.74) is 6.83.